The number of hydrogen-bond acceptors (Lipinski definition) is 0. The normalized spacial score (nSPS) is 16.2. The minimum absolute atomic E-state index is 0.187. The molecule has 0 radical (unpaired) electrons. The lowest BCUT2D eigenvalue weighted by Crippen LogP contribution is -2.32. The Labute approximate surface area is 565 Å². The van der Waals surface area contributed by atoms with Gasteiger partial charge in [-0.15, -0.1) is 0 Å². The highest BCUT2D eigenvalue weighted by Crippen LogP contribution is 2.31. The summed E-state index contributed by atoms with van der Waals surface area (Å²) in [7, 11) is 9.87. The molecule has 2 atom stereocenters. The number of aromatic nitrogens is 5. The molecule has 0 aliphatic carbocycles. The van der Waals surface area contributed by atoms with E-state index < -0.39 is 52.4 Å². The fraction of sp³-hybridized carbons (Fsp3) is 0.345. The Kier molecular flexibility index (Phi) is 16.3. The molecule has 2 unspecified atom stereocenters. The summed E-state index contributed by atoms with van der Waals surface area (Å²) in [5.74, 6) is -3.31. The lowest BCUT2D eigenvalue weighted by atomic mass is 9.94. The van der Waals surface area contributed by atoms with Gasteiger partial charge in [-0.3, -0.25) is 0 Å². The molecule has 5 aromatic heterocycles. The molecule has 0 aliphatic heterocycles. The van der Waals surface area contributed by atoms with E-state index in [1.165, 1.54) is 69.6 Å². The van der Waals surface area contributed by atoms with Crippen LogP contribution in [0, 0.1) is 111 Å². The highest BCUT2D eigenvalue weighted by molar-refractivity contribution is 5.69. The topological polar surface area (TPSA) is 19.4 Å². The first-order valence-corrected chi connectivity index (χ1v) is 30.3. The van der Waals surface area contributed by atoms with Gasteiger partial charge in [-0.1, -0.05) is 94.6 Å². The van der Waals surface area contributed by atoms with E-state index >= 15 is 0 Å². The predicted octanol–water partition coefficient (Wildman–Crippen LogP) is 18.6. The minimum atomic E-state index is -2.69. The van der Waals surface area contributed by atoms with Crippen LogP contribution in [0.4, 0.5) is 0 Å². The largest absolute Gasteiger partial charge is 0.215 e. The molecular formula is C84H108N5+5. The quantitative estimate of drug-likeness (QED) is 0.135. The zero-order valence-electron chi connectivity index (χ0n) is 75.7. The number of hydrogen-bond donors (Lipinski definition) is 0. The Morgan fingerprint density at radius 2 is 0.787 bits per heavy atom. The summed E-state index contributed by atoms with van der Waals surface area (Å²) in [4.78, 5) is 0. The maximum absolute atomic E-state index is 8.24. The Bertz CT molecular complexity index is 4790. The summed E-state index contributed by atoms with van der Waals surface area (Å²) >= 11 is 0. The van der Waals surface area contributed by atoms with Crippen LogP contribution in [0.2, 0.25) is 0 Å². The Morgan fingerprint density at radius 1 is 0.360 bits per heavy atom. The van der Waals surface area contributed by atoms with Gasteiger partial charge in [0, 0.05) is 112 Å². The van der Waals surface area contributed by atoms with E-state index in [4.69, 9.17) is 26.0 Å². The lowest BCUT2D eigenvalue weighted by molar-refractivity contribution is -0.661. The average molecular weight is 1210 g/mol. The van der Waals surface area contributed by atoms with Gasteiger partial charge in [-0.05, 0) is 244 Å². The molecule has 5 aromatic carbocycles. The van der Waals surface area contributed by atoms with Crippen LogP contribution in [0.15, 0.2) is 158 Å². The van der Waals surface area contributed by atoms with Crippen molar-refractivity contribution in [2.45, 2.75) is 163 Å². The van der Waals surface area contributed by atoms with Crippen LogP contribution in [0.5, 0.6) is 0 Å². The number of aryl methyl sites for hydroxylation is 19. The summed E-state index contributed by atoms with van der Waals surface area (Å²) in [5.41, 5.74) is 28.4. The second-order valence-corrected chi connectivity index (χ2v) is 24.1. The van der Waals surface area contributed by atoms with Crippen molar-refractivity contribution in [1.82, 2.24) is 0 Å². The second-order valence-electron chi connectivity index (χ2n) is 24.1. The molecule has 0 amide bonds. The first-order chi connectivity index (χ1) is 49.4. The summed E-state index contributed by atoms with van der Waals surface area (Å²) in [6.07, 6.45) is 7.38. The van der Waals surface area contributed by atoms with Crippen molar-refractivity contribution in [2.75, 3.05) is 0 Å². The van der Waals surface area contributed by atoms with Crippen LogP contribution in [-0.2, 0) is 41.6 Å². The molecule has 10 rings (SSSR count). The van der Waals surface area contributed by atoms with Gasteiger partial charge in [-0.2, -0.15) is 0 Å². The third kappa shape index (κ3) is 17.2. The van der Waals surface area contributed by atoms with Crippen LogP contribution in [0.1, 0.15) is 178 Å². The minimum Gasteiger partial charge on any atom is -0.201 e. The fourth-order valence-electron chi connectivity index (χ4n) is 11.4. The first kappa shape index (κ1) is 46.9. The van der Waals surface area contributed by atoms with Crippen molar-refractivity contribution in [3.8, 4) is 56.3 Å². The summed E-state index contributed by atoms with van der Waals surface area (Å²) in [5, 5.41) is 0. The molecule has 0 N–H and O–H groups in total. The van der Waals surface area contributed by atoms with E-state index in [-0.39, 0.29) is 11.1 Å². The standard InChI is InChI=1S/2C18H24N.C17H22N.C16H20N.C15H18N/c1-12(2)16-7-8-17(14(4)10-16)18-15(5)9-13(3)11-19(18)6;1-12(2)16-7-8-17(14(4)11-16)18-15(5)13(3)9-10-19(18)6;1-6-15-7-8-16(13(3)11-15)17-14(4)12(2)9-10-18(17)5;1-11-6-7-15(13(3)10-11)16-14(4)12(2)8-9-17(16)5;1-11-9-13(3)14(10-12(11)2)15-7-5-6-8-16(15)4/h2*7-12H,1-6H3;7-11H,6H2,1-5H3;6-10H,1-5H3;5-10H,1-4H3/q5*+1/i1D3,3D3,12D;1D3,12D;1D3,6D2;1D3;. The summed E-state index contributed by atoms with van der Waals surface area (Å²) in [6.45, 7) is 19.7. The van der Waals surface area contributed by atoms with Gasteiger partial charge in [-0.25, -0.2) is 22.8 Å². The lowest BCUT2D eigenvalue weighted by Gasteiger charge is -2.12. The van der Waals surface area contributed by atoms with Gasteiger partial charge >= 0.3 is 0 Å². The van der Waals surface area contributed by atoms with Crippen LogP contribution in [0.3, 0.4) is 0 Å². The monoisotopic (exact) mass is 1210 g/mol. The maximum atomic E-state index is 8.24. The van der Waals surface area contributed by atoms with E-state index in [0.29, 0.717) is 16.7 Å². The Morgan fingerprint density at radius 3 is 1.21 bits per heavy atom. The predicted molar refractivity (Wildman–Crippen MR) is 379 cm³/mol. The van der Waals surface area contributed by atoms with Gasteiger partial charge in [0.05, 0.1) is 0 Å². The molecule has 10 aromatic rings. The van der Waals surface area contributed by atoms with E-state index in [1.807, 2.05) is 103 Å². The Hall–Kier alpha value is -8.15. The van der Waals surface area contributed by atoms with Crippen molar-refractivity contribution < 1.29 is 48.9 Å². The van der Waals surface area contributed by atoms with Gasteiger partial charge in [0.2, 0.25) is 28.5 Å². The van der Waals surface area contributed by atoms with Crippen molar-refractivity contribution in [3.63, 3.8) is 0 Å². The third-order valence-corrected chi connectivity index (χ3v) is 17.1. The van der Waals surface area contributed by atoms with Crippen LogP contribution in [-0.4, -0.2) is 0 Å². The molecule has 0 bridgehead atoms. The van der Waals surface area contributed by atoms with Gasteiger partial charge in [0.25, 0.3) is 0 Å². The average Bonchev–Trinajstić information content (AvgIpc) is 0.778. The molecule has 0 saturated heterocycles. The summed E-state index contributed by atoms with van der Waals surface area (Å²) in [6, 6.07) is 39.9. The van der Waals surface area contributed by atoms with Crippen LogP contribution in [0.25, 0.3) is 56.3 Å². The van der Waals surface area contributed by atoms with E-state index in [0.717, 1.165) is 78.4 Å². The molecule has 0 spiro atoms. The van der Waals surface area contributed by atoms with Gasteiger partial charge in [0.15, 0.2) is 31.0 Å². The maximum Gasteiger partial charge on any atom is 0.215 e. The number of pyridine rings is 5. The highest BCUT2D eigenvalue weighted by Gasteiger charge is 2.22. The SMILES string of the molecule is Cc1cc(C)c(-c2cccc[n+]2C)cc1C.[2H]C([2H])([2H])C([2H])(C)c1ccc(-c2c(C)c(C)cc[n+]2C)c(C)c1.[2H]C([2H])([2H])C([2H])([2H])c1ccc(-c2c(C)c(C)cc[n+]2C)c(C)c1.[2H]C([2H])([2H])c1cc(C)c(-c2ccc(C([2H])(C)C([2H])([2H])[2H])cc2C)[n+](C)c1.[2H]C([2H])([2H])c1ccc(-c2c(C)c(C)cc[n+]2C)c(C)c1. The number of benzene rings is 5. The van der Waals surface area contributed by atoms with Gasteiger partial charge in [0.1, 0.15) is 35.2 Å². The molecule has 464 valence electrons. The smallest absolute Gasteiger partial charge is 0.201 e. The van der Waals surface area contributed by atoms with Crippen LogP contribution >= 0.6 is 0 Å². The molecule has 0 saturated carbocycles. The molecule has 5 nitrogen and oxygen atoms in total. The summed E-state index contributed by atoms with van der Waals surface area (Å²) < 4.78 is 155. The zero-order chi connectivity index (χ0) is 82.0. The number of rotatable bonds is 8. The van der Waals surface area contributed by atoms with E-state index in [9.17, 15) is 0 Å². The molecule has 5 heteroatoms. The molecule has 0 fully saturated rings. The van der Waals surface area contributed by atoms with Crippen molar-refractivity contribution in [1.29, 1.82) is 0 Å². The van der Waals surface area contributed by atoms with Crippen molar-refractivity contribution in [3.05, 3.63) is 264 Å². The molecular weight excluding hydrogens is 1080 g/mol. The van der Waals surface area contributed by atoms with Crippen LogP contribution < -0.4 is 22.8 Å². The zero-order valence-corrected chi connectivity index (χ0v) is 56.7. The second kappa shape index (κ2) is 30.9. The van der Waals surface area contributed by atoms with Crippen molar-refractivity contribution in [2.24, 2.45) is 35.2 Å². The van der Waals surface area contributed by atoms with Gasteiger partial charge < -0.3 is 0 Å². The van der Waals surface area contributed by atoms with E-state index in [2.05, 4.69) is 138 Å². The third-order valence-electron chi connectivity index (χ3n) is 17.1. The molecule has 0 aliphatic rings. The number of nitrogens with zero attached hydrogens (tertiary/aromatic N) is 5. The van der Waals surface area contributed by atoms with Crippen molar-refractivity contribution >= 4 is 0 Å². The fourth-order valence-corrected chi connectivity index (χ4v) is 11.4. The van der Waals surface area contributed by atoms with E-state index in [1.54, 1.807) is 72.4 Å². The highest BCUT2D eigenvalue weighted by atomic mass is 14.9. The molecule has 5 heterocycles. The molecule has 89 heavy (non-hydrogen) atoms. The first-order valence-electron chi connectivity index (χ1n) is 39.8. The Balaban J connectivity index is 0.000000213.